The molecule has 88 valence electrons. The highest BCUT2D eigenvalue weighted by atomic mass is 35.5. The lowest BCUT2D eigenvalue weighted by molar-refractivity contribution is -0.0579. The molecule has 1 saturated heterocycles. The van der Waals surface area contributed by atoms with Crippen LogP contribution in [0.5, 0.6) is 0 Å². The minimum atomic E-state index is -0.811. The molecule has 1 fully saturated rings. The van der Waals surface area contributed by atoms with E-state index >= 15 is 0 Å². The van der Waals surface area contributed by atoms with E-state index in [4.69, 9.17) is 16.3 Å². The van der Waals surface area contributed by atoms with E-state index in [0.29, 0.717) is 5.02 Å². The number of halogens is 1. The first-order valence-electron chi connectivity index (χ1n) is 5.67. The van der Waals surface area contributed by atoms with Gasteiger partial charge in [0, 0.05) is 18.2 Å². The molecule has 1 aromatic carbocycles. The standard InChI is InChI=1S/C13H17ClO2/c1-13(15,10-5-7-16-8-6-10)11-3-2-4-12(14)9-11/h2-4,9-10,15H,5-8H2,1H3. The van der Waals surface area contributed by atoms with Crippen molar-refractivity contribution >= 4 is 11.6 Å². The lowest BCUT2D eigenvalue weighted by atomic mass is 9.78. The van der Waals surface area contributed by atoms with Gasteiger partial charge in [0.05, 0.1) is 5.60 Å². The smallest absolute Gasteiger partial charge is 0.0898 e. The van der Waals surface area contributed by atoms with Crippen molar-refractivity contribution in [1.82, 2.24) is 0 Å². The molecule has 0 spiro atoms. The second kappa shape index (κ2) is 4.74. The van der Waals surface area contributed by atoms with Crippen molar-refractivity contribution in [2.75, 3.05) is 13.2 Å². The maximum Gasteiger partial charge on any atom is 0.0898 e. The van der Waals surface area contributed by atoms with Gasteiger partial charge in [-0.2, -0.15) is 0 Å². The Morgan fingerprint density at radius 1 is 1.38 bits per heavy atom. The Labute approximate surface area is 101 Å². The molecule has 16 heavy (non-hydrogen) atoms. The molecule has 2 nitrogen and oxygen atoms in total. The fourth-order valence-corrected chi connectivity index (χ4v) is 2.49. The SMILES string of the molecule is CC(O)(c1cccc(Cl)c1)C1CCOCC1. The highest BCUT2D eigenvalue weighted by Crippen LogP contribution is 2.36. The van der Waals surface area contributed by atoms with Crippen molar-refractivity contribution in [1.29, 1.82) is 0 Å². The van der Waals surface area contributed by atoms with Gasteiger partial charge in [-0.25, -0.2) is 0 Å². The van der Waals surface area contributed by atoms with Crippen LogP contribution in [0.1, 0.15) is 25.3 Å². The van der Waals surface area contributed by atoms with Gasteiger partial charge in [0.15, 0.2) is 0 Å². The number of benzene rings is 1. The summed E-state index contributed by atoms with van der Waals surface area (Å²) in [6.45, 7) is 3.34. The van der Waals surface area contributed by atoms with Crippen LogP contribution in [0, 0.1) is 5.92 Å². The molecule has 2 rings (SSSR count). The maximum absolute atomic E-state index is 10.6. The van der Waals surface area contributed by atoms with E-state index in [1.807, 2.05) is 31.2 Å². The third kappa shape index (κ3) is 2.40. The molecule has 1 N–H and O–H groups in total. The monoisotopic (exact) mass is 240 g/mol. The first-order valence-corrected chi connectivity index (χ1v) is 6.04. The summed E-state index contributed by atoms with van der Waals surface area (Å²) in [5.41, 5.74) is 0.0844. The number of rotatable bonds is 2. The van der Waals surface area contributed by atoms with Gasteiger partial charge >= 0.3 is 0 Å². The molecule has 3 heteroatoms. The van der Waals surface area contributed by atoms with Crippen LogP contribution in [0.25, 0.3) is 0 Å². The minimum absolute atomic E-state index is 0.250. The van der Waals surface area contributed by atoms with Crippen LogP contribution in [0.4, 0.5) is 0 Å². The number of ether oxygens (including phenoxy) is 1. The van der Waals surface area contributed by atoms with Crippen molar-refractivity contribution in [3.8, 4) is 0 Å². The van der Waals surface area contributed by atoms with E-state index < -0.39 is 5.60 Å². The Bertz CT molecular complexity index is 357. The van der Waals surface area contributed by atoms with Crippen LogP contribution in [0.3, 0.4) is 0 Å². The van der Waals surface area contributed by atoms with Crippen molar-refractivity contribution in [3.63, 3.8) is 0 Å². The molecule has 0 aromatic heterocycles. The highest BCUT2D eigenvalue weighted by Gasteiger charge is 2.34. The van der Waals surface area contributed by atoms with Gasteiger partial charge in [-0.3, -0.25) is 0 Å². The van der Waals surface area contributed by atoms with E-state index in [0.717, 1.165) is 31.6 Å². The molecule has 1 atom stereocenters. The van der Waals surface area contributed by atoms with E-state index in [1.54, 1.807) is 0 Å². The third-order valence-electron chi connectivity index (χ3n) is 3.43. The molecule has 0 saturated carbocycles. The molecule has 0 radical (unpaired) electrons. The van der Waals surface area contributed by atoms with Gasteiger partial charge in [0.1, 0.15) is 0 Å². The van der Waals surface area contributed by atoms with E-state index in [2.05, 4.69) is 0 Å². The molecule has 1 unspecified atom stereocenters. The average Bonchev–Trinajstić information content (AvgIpc) is 2.30. The van der Waals surface area contributed by atoms with Crippen LogP contribution >= 0.6 is 11.6 Å². The molecule has 0 bridgehead atoms. The molecular weight excluding hydrogens is 224 g/mol. The van der Waals surface area contributed by atoms with Gasteiger partial charge in [-0.15, -0.1) is 0 Å². The number of hydrogen-bond donors (Lipinski definition) is 1. The zero-order valence-electron chi connectivity index (χ0n) is 9.45. The Kier molecular flexibility index (Phi) is 3.53. The predicted molar refractivity (Wildman–Crippen MR) is 64.6 cm³/mol. The number of aliphatic hydroxyl groups is 1. The van der Waals surface area contributed by atoms with E-state index in [-0.39, 0.29) is 5.92 Å². The Hall–Kier alpha value is -0.570. The fraction of sp³-hybridized carbons (Fsp3) is 0.538. The average molecular weight is 241 g/mol. The second-order valence-electron chi connectivity index (χ2n) is 4.54. The summed E-state index contributed by atoms with van der Waals surface area (Å²) in [7, 11) is 0. The lowest BCUT2D eigenvalue weighted by Gasteiger charge is -2.36. The van der Waals surface area contributed by atoms with Crippen LogP contribution in [0.15, 0.2) is 24.3 Å². The van der Waals surface area contributed by atoms with Crippen LogP contribution in [-0.4, -0.2) is 18.3 Å². The van der Waals surface area contributed by atoms with Gasteiger partial charge < -0.3 is 9.84 Å². The summed E-state index contributed by atoms with van der Waals surface area (Å²) in [5, 5.41) is 11.3. The minimum Gasteiger partial charge on any atom is -0.385 e. The Morgan fingerprint density at radius 2 is 2.06 bits per heavy atom. The summed E-state index contributed by atoms with van der Waals surface area (Å²) in [6, 6.07) is 7.48. The lowest BCUT2D eigenvalue weighted by Crippen LogP contribution is -2.35. The molecule has 1 aromatic rings. The highest BCUT2D eigenvalue weighted by molar-refractivity contribution is 6.30. The quantitative estimate of drug-likeness (QED) is 0.861. The van der Waals surface area contributed by atoms with Crippen LogP contribution < -0.4 is 0 Å². The largest absolute Gasteiger partial charge is 0.385 e. The number of hydrogen-bond acceptors (Lipinski definition) is 2. The third-order valence-corrected chi connectivity index (χ3v) is 3.66. The van der Waals surface area contributed by atoms with Crippen molar-refractivity contribution in [2.45, 2.75) is 25.4 Å². The summed E-state index contributed by atoms with van der Waals surface area (Å²) in [5.74, 6) is 0.250. The zero-order valence-corrected chi connectivity index (χ0v) is 10.2. The summed E-state index contributed by atoms with van der Waals surface area (Å²) in [6.07, 6.45) is 1.80. The maximum atomic E-state index is 10.6. The van der Waals surface area contributed by atoms with E-state index in [1.165, 1.54) is 0 Å². The first-order chi connectivity index (χ1) is 7.60. The molecule has 1 heterocycles. The van der Waals surface area contributed by atoms with E-state index in [9.17, 15) is 5.11 Å². The summed E-state index contributed by atoms with van der Waals surface area (Å²) >= 11 is 5.95. The van der Waals surface area contributed by atoms with Crippen LogP contribution in [-0.2, 0) is 10.3 Å². The molecule has 0 aliphatic carbocycles. The van der Waals surface area contributed by atoms with Crippen molar-refractivity contribution in [2.24, 2.45) is 5.92 Å². The Balaban J connectivity index is 2.22. The first kappa shape index (κ1) is 11.9. The molecule has 1 aliphatic rings. The van der Waals surface area contributed by atoms with Crippen LogP contribution in [0.2, 0.25) is 5.02 Å². The van der Waals surface area contributed by atoms with Crippen molar-refractivity contribution in [3.05, 3.63) is 34.9 Å². The Morgan fingerprint density at radius 3 is 2.69 bits per heavy atom. The molecular formula is C13H17ClO2. The predicted octanol–water partition coefficient (Wildman–Crippen LogP) is 2.97. The van der Waals surface area contributed by atoms with Gasteiger partial charge in [0.25, 0.3) is 0 Å². The molecule has 0 amide bonds. The molecule has 1 aliphatic heterocycles. The fourth-order valence-electron chi connectivity index (χ4n) is 2.30. The normalized spacial score (nSPS) is 21.7. The van der Waals surface area contributed by atoms with Gasteiger partial charge in [-0.05, 0) is 43.4 Å². The summed E-state index contributed by atoms with van der Waals surface area (Å²) < 4.78 is 5.32. The van der Waals surface area contributed by atoms with Gasteiger partial charge in [-0.1, -0.05) is 23.7 Å². The zero-order chi connectivity index (χ0) is 11.6. The van der Waals surface area contributed by atoms with Crippen molar-refractivity contribution < 1.29 is 9.84 Å². The topological polar surface area (TPSA) is 29.5 Å². The summed E-state index contributed by atoms with van der Waals surface area (Å²) in [4.78, 5) is 0. The second-order valence-corrected chi connectivity index (χ2v) is 4.98. The van der Waals surface area contributed by atoms with Gasteiger partial charge in [0.2, 0.25) is 0 Å².